The highest BCUT2D eigenvalue weighted by molar-refractivity contribution is 7.94. The predicted molar refractivity (Wildman–Crippen MR) is 177 cm³/mol. The van der Waals surface area contributed by atoms with E-state index in [4.69, 9.17) is 20.5 Å². The number of aromatic hydroxyl groups is 1. The van der Waals surface area contributed by atoms with Crippen LogP contribution in [-0.4, -0.2) is 42.0 Å². The zero-order valence-electron chi connectivity index (χ0n) is 25.3. The van der Waals surface area contributed by atoms with Gasteiger partial charge in [-0.1, -0.05) is 11.1 Å². The summed E-state index contributed by atoms with van der Waals surface area (Å²) in [5, 5.41) is 41.7. The minimum Gasteiger partial charge on any atom is -0.505 e. The molecule has 0 saturated carbocycles. The van der Waals surface area contributed by atoms with Crippen LogP contribution in [0.1, 0.15) is 13.8 Å². The van der Waals surface area contributed by atoms with E-state index in [-0.39, 0.29) is 51.8 Å². The highest BCUT2D eigenvalue weighted by Crippen LogP contribution is 2.46. The van der Waals surface area contributed by atoms with Crippen molar-refractivity contribution in [3.8, 4) is 17.2 Å². The van der Waals surface area contributed by atoms with Gasteiger partial charge in [-0.2, -0.15) is 5.11 Å². The number of nitrogens with zero attached hydrogens (tertiary/aromatic N) is 6. The molecule has 0 atom stereocenters. The highest BCUT2D eigenvalue weighted by atomic mass is 32.2. The molecule has 248 valence electrons. The lowest BCUT2D eigenvalue weighted by atomic mass is 10.1. The lowest BCUT2D eigenvalue weighted by Crippen LogP contribution is -2.14. The van der Waals surface area contributed by atoms with Crippen molar-refractivity contribution in [2.45, 2.75) is 23.6 Å². The predicted octanol–water partition coefficient (Wildman–Crippen LogP) is 7.77. The number of phenols is 1. The Balaban J connectivity index is 1.46. The molecule has 0 amide bonds. The minimum absolute atomic E-state index is 0.0104. The Labute approximate surface area is 278 Å². The van der Waals surface area contributed by atoms with Gasteiger partial charge in [0.15, 0.2) is 5.75 Å². The van der Waals surface area contributed by atoms with Crippen LogP contribution in [0.4, 0.5) is 34.4 Å². The average Bonchev–Trinajstić information content (AvgIpc) is 3.08. The van der Waals surface area contributed by atoms with E-state index in [0.29, 0.717) is 45.6 Å². The quantitative estimate of drug-likeness (QED) is 0.0288. The molecule has 0 aliphatic carbocycles. The number of nitrogens with two attached hydrogens (primary N) is 1. The van der Waals surface area contributed by atoms with Crippen molar-refractivity contribution in [3.05, 3.63) is 79.1 Å². The summed E-state index contributed by atoms with van der Waals surface area (Å²) in [6.07, 6.45) is 2.84. The van der Waals surface area contributed by atoms with Crippen molar-refractivity contribution in [3.63, 3.8) is 0 Å². The van der Waals surface area contributed by atoms with Crippen LogP contribution in [0, 0.1) is 0 Å². The molecule has 0 aliphatic rings. The van der Waals surface area contributed by atoms with Crippen molar-refractivity contribution in [2.24, 2.45) is 20.5 Å². The monoisotopic (exact) mass is 692 g/mol. The van der Waals surface area contributed by atoms with E-state index in [2.05, 4.69) is 44.5 Å². The number of nitrogen functional groups attached to an aromatic ring is 1. The molecular weight excluding hydrogens is 665 g/mol. The minimum atomic E-state index is -3.93. The lowest BCUT2D eigenvalue weighted by Gasteiger charge is -2.12. The maximum Gasteiger partial charge on any atom is 0.264 e. The molecule has 5 aromatic rings. The fraction of sp³-hybridized carbons (Fsp3) is 0.133. The second-order valence-electron chi connectivity index (χ2n) is 9.50. The molecule has 18 heteroatoms. The van der Waals surface area contributed by atoms with Gasteiger partial charge in [0.05, 0.1) is 40.7 Å². The van der Waals surface area contributed by atoms with Crippen LogP contribution in [0.25, 0.3) is 10.8 Å². The molecule has 1 heterocycles. The molecule has 4 aromatic carbocycles. The van der Waals surface area contributed by atoms with Crippen LogP contribution < -0.4 is 19.9 Å². The fourth-order valence-corrected chi connectivity index (χ4v) is 5.70. The van der Waals surface area contributed by atoms with Gasteiger partial charge >= 0.3 is 0 Å². The Hall–Kier alpha value is -5.40. The van der Waals surface area contributed by atoms with Gasteiger partial charge in [0, 0.05) is 35.6 Å². The van der Waals surface area contributed by atoms with Crippen molar-refractivity contribution in [1.29, 1.82) is 0 Å². The molecule has 0 radical (unpaired) electrons. The normalized spacial score (nSPS) is 11.8. The number of sulfonamides is 1. The standard InChI is InChI=1S/C30H28N8O8S2/c1-3-43-25-17-24(36-37-28-27(47-46-45-40)14-18-6-7-19(31)15-22(18)29(28)39)26(44-4-2)16-23(25)35-34-20-8-10-21(11-9-20)48(41,42)38-30-32-12-5-13-33-30/h5-17,39-40H,3-4,31H2,1-2H3,(H,32,33,38). The van der Waals surface area contributed by atoms with Crippen molar-refractivity contribution in [1.82, 2.24) is 9.97 Å². The number of azo groups is 2. The zero-order chi connectivity index (χ0) is 34.1. The van der Waals surface area contributed by atoms with Gasteiger partial charge in [0.1, 0.15) is 28.6 Å². The molecule has 5 N–H and O–H groups in total. The van der Waals surface area contributed by atoms with Crippen LogP contribution >= 0.6 is 12.0 Å². The third-order valence-electron chi connectivity index (χ3n) is 6.34. The van der Waals surface area contributed by atoms with Crippen molar-refractivity contribution in [2.75, 3.05) is 23.7 Å². The fourth-order valence-electron chi connectivity index (χ4n) is 4.25. The van der Waals surface area contributed by atoms with E-state index >= 15 is 0 Å². The molecule has 0 bridgehead atoms. The van der Waals surface area contributed by atoms with E-state index in [9.17, 15) is 13.5 Å². The molecule has 48 heavy (non-hydrogen) atoms. The number of benzene rings is 4. The largest absolute Gasteiger partial charge is 0.505 e. The number of fused-ring (bicyclic) bond motifs is 1. The summed E-state index contributed by atoms with van der Waals surface area (Å²) in [4.78, 5) is 8.01. The van der Waals surface area contributed by atoms with Crippen LogP contribution in [0.3, 0.4) is 0 Å². The van der Waals surface area contributed by atoms with E-state index in [1.54, 1.807) is 56.3 Å². The van der Waals surface area contributed by atoms with Crippen LogP contribution in [0.15, 0.2) is 109 Å². The van der Waals surface area contributed by atoms with E-state index in [1.807, 2.05) is 0 Å². The first-order chi connectivity index (χ1) is 23.2. The van der Waals surface area contributed by atoms with Gasteiger partial charge in [-0.25, -0.2) is 28.4 Å². The summed E-state index contributed by atoms with van der Waals surface area (Å²) in [5.74, 6) is 0.292. The number of phenolic OH excluding ortho intramolecular Hbond substituents is 1. The van der Waals surface area contributed by atoms with Crippen LogP contribution in [-0.2, 0) is 19.4 Å². The van der Waals surface area contributed by atoms with Crippen LogP contribution in [0.2, 0.25) is 0 Å². The summed E-state index contributed by atoms with van der Waals surface area (Å²) in [6.45, 7) is 4.13. The Morgan fingerprint density at radius 2 is 1.52 bits per heavy atom. The Bertz CT molecular complexity index is 2070. The van der Waals surface area contributed by atoms with Gasteiger partial charge in [0.25, 0.3) is 10.0 Å². The molecule has 16 nitrogen and oxygen atoms in total. The summed E-state index contributed by atoms with van der Waals surface area (Å²) in [5.41, 5.74) is 7.26. The maximum absolute atomic E-state index is 12.7. The number of ether oxygens (including phenoxy) is 2. The van der Waals surface area contributed by atoms with Crippen LogP contribution in [0.5, 0.6) is 17.2 Å². The van der Waals surface area contributed by atoms with Gasteiger partial charge in [-0.05, 0) is 67.8 Å². The number of hydrogen-bond donors (Lipinski definition) is 4. The van der Waals surface area contributed by atoms with Gasteiger partial charge < -0.3 is 20.3 Å². The molecule has 5 rings (SSSR count). The molecule has 0 saturated heterocycles. The highest BCUT2D eigenvalue weighted by Gasteiger charge is 2.18. The average molecular weight is 693 g/mol. The van der Waals surface area contributed by atoms with E-state index in [1.165, 1.54) is 36.7 Å². The summed E-state index contributed by atoms with van der Waals surface area (Å²) in [6, 6.07) is 17.0. The summed E-state index contributed by atoms with van der Waals surface area (Å²) < 4.78 is 43.9. The molecular formula is C30H28N8O8S2. The number of anilines is 2. The van der Waals surface area contributed by atoms with E-state index in [0.717, 1.165) is 0 Å². The summed E-state index contributed by atoms with van der Waals surface area (Å²) >= 11 is 0.607. The first-order valence-corrected chi connectivity index (χ1v) is 16.3. The summed E-state index contributed by atoms with van der Waals surface area (Å²) in [7, 11) is -3.93. The Morgan fingerprint density at radius 1 is 0.875 bits per heavy atom. The molecule has 0 aliphatic heterocycles. The maximum atomic E-state index is 12.7. The number of aromatic nitrogens is 2. The Kier molecular flexibility index (Phi) is 10.9. The van der Waals surface area contributed by atoms with Crippen molar-refractivity contribution < 1.29 is 37.6 Å². The third kappa shape index (κ3) is 8.11. The lowest BCUT2D eigenvalue weighted by molar-refractivity contribution is -0.432. The van der Waals surface area contributed by atoms with Gasteiger partial charge in [-0.15, -0.1) is 19.7 Å². The number of nitrogens with one attached hydrogen (secondary N) is 1. The van der Waals surface area contributed by atoms with Gasteiger partial charge in [-0.3, -0.25) is 0 Å². The Morgan fingerprint density at radius 3 is 2.15 bits per heavy atom. The number of rotatable bonds is 14. The SMILES string of the molecule is CCOc1cc(N=Nc2c(SOOO)cc3ccc(N)cc3c2O)c(OCC)cc1N=Nc1ccc(S(=O)(=O)Nc2ncccn2)cc1. The smallest absolute Gasteiger partial charge is 0.264 e. The molecule has 0 unspecified atom stereocenters. The molecule has 0 spiro atoms. The zero-order valence-corrected chi connectivity index (χ0v) is 27.0. The molecule has 0 fully saturated rings. The number of hydrogen-bond acceptors (Lipinski definition) is 16. The second kappa shape index (κ2) is 15.5. The second-order valence-corrected chi connectivity index (χ2v) is 11.9. The first-order valence-electron chi connectivity index (χ1n) is 14.1. The van der Waals surface area contributed by atoms with E-state index < -0.39 is 10.0 Å². The van der Waals surface area contributed by atoms with Crippen molar-refractivity contribution >= 4 is 67.2 Å². The molecule has 1 aromatic heterocycles. The topological polar surface area (TPSA) is 225 Å². The first kappa shape index (κ1) is 33.9. The third-order valence-corrected chi connectivity index (χ3v) is 8.30. The van der Waals surface area contributed by atoms with Gasteiger partial charge in [0.2, 0.25) is 5.95 Å².